The van der Waals surface area contributed by atoms with E-state index in [1.165, 1.54) is 25.8 Å². The Labute approximate surface area is 97.2 Å². The second-order valence-electron chi connectivity index (χ2n) is 4.51. The van der Waals surface area contributed by atoms with Gasteiger partial charge < -0.3 is 15.4 Å². The zero-order valence-electron chi connectivity index (χ0n) is 9.86. The molecule has 1 aliphatic rings. The molecule has 0 saturated carbocycles. The number of benzene rings is 1. The maximum absolute atomic E-state index is 5.77. The van der Waals surface area contributed by atoms with Gasteiger partial charge in [0.15, 0.2) is 0 Å². The summed E-state index contributed by atoms with van der Waals surface area (Å²) in [5.41, 5.74) is 6.40. The van der Waals surface area contributed by atoms with E-state index in [-0.39, 0.29) is 0 Å². The molecule has 1 aliphatic heterocycles. The number of nitrogens with zero attached hydrogens (tertiary/aromatic N) is 1. The highest BCUT2D eigenvalue weighted by molar-refractivity contribution is 5.41. The quantitative estimate of drug-likeness (QED) is 0.793. The Kier molecular flexibility index (Phi) is 3.67. The molecule has 2 rings (SSSR count). The van der Waals surface area contributed by atoms with Gasteiger partial charge in [-0.15, -0.1) is 0 Å². The van der Waals surface area contributed by atoms with Gasteiger partial charge in [0.25, 0.3) is 0 Å². The van der Waals surface area contributed by atoms with E-state index in [4.69, 9.17) is 10.5 Å². The number of nitrogens with two attached hydrogens (primary N) is 1. The first-order chi connectivity index (χ1) is 7.75. The summed E-state index contributed by atoms with van der Waals surface area (Å²) in [7, 11) is 2.18. The number of likely N-dealkylation sites (tertiary alicyclic amines) is 1. The van der Waals surface area contributed by atoms with Crippen molar-refractivity contribution in [3.8, 4) is 5.75 Å². The van der Waals surface area contributed by atoms with Crippen molar-refractivity contribution >= 4 is 5.69 Å². The lowest BCUT2D eigenvalue weighted by Gasteiger charge is -2.32. The lowest BCUT2D eigenvalue weighted by atomic mass is 10.0. The van der Waals surface area contributed by atoms with Crippen molar-refractivity contribution in [1.82, 2.24) is 4.90 Å². The molecule has 2 N–H and O–H groups in total. The number of piperidine rings is 1. The number of ether oxygens (including phenoxy) is 1. The number of anilines is 1. The average Bonchev–Trinajstić information content (AvgIpc) is 2.30. The molecule has 1 fully saturated rings. The molecule has 3 heteroatoms. The second kappa shape index (κ2) is 5.21. The van der Waals surface area contributed by atoms with Gasteiger partial charge in [-0.25, -0.2) is 0 Å². The molecule has 1 aromatic carbocycles. The van der Waals surface area contributed by atoms with Crippen LogP contribution in [0, 0.1) is 0 Å². The summed E-state index contributed by atoms with van der Waals surface area (Å²) in [5, 5.41) is 0. The standard InChI is InChI=1S/C13H20N2O/c1-15-9-3-2-4-12(15)10-16-13-7-5-11(14)6-8-13/h5-8,12H,2-4,9-10,14H2,1H3/t12-/m0/s1. The van der Waals surface area contributed by atoms with Gasteiger partial charge in [0, 0.05) is 11.7 Å². The van der Waals surface area contributed by atoms with Gasteiger partial charge in [-0.3, -0.25) is 0 Å². The normalized spacial score (nSPS) is 21.9. The summed E-state index contributed by atoms with van der Waals surface area (Å²) < 4.78 is 5.77. The van der Waals surface area contributed by atoms with E-state index >= 15 is 0 Å². The molecule has 0 unspecified atom stereocenters. The van der Waals surface area contributed by atoms with E-state index in [1.807, 2.05) is 24.3 Å². The summed E-state index contributed by atoms with van der Waals surface area (Å²) >= 11 is 0. The smallest absolute Gasteiger partial charge is 0.119 e. The van der Waals surface area contributed by atoms with E-state index in [0.29, 0.717) is 6.04 Å². The molecule has 0 spiro atoms. The fourth-order valence-corrected chi connectivity index (χ4v) is 2.11. The molecular weight excluding hydrogens is 200 g/mol. The fourth-order valence-electron chi connectivity index (χ4n) is 2.11. The SMILES string of the molecule is CN1CCCC[C@H]1COc1ccc(N)cc1. The molecule has 3 nitrogen and oxygen atoms in total. The first-order valence-electron chi connectivity index (χ1n) is 5.94. The van der Waals surface area contributed by atoms with Crippen molar-refractivity contribution in [3.05, 3.63) is 24.3 Å². The molecule has 0 bridgehead atoms. The highest BCUT2D eigenvalue weighted by Crippen LogP contribution is 2.18. The lowest BCUT2D eigenvalue weighted by Crippen LogP contribution is -2.40. The minimum Gasteiger partial charge on any atom is -0.492 e. The highest BCUT2D eigenvalue weighted by Gasteiger charge is 2.19. The van der Waals surface area contributed by atoms with E-state index in [0.717, 1.165) is 18.0 Å². The number of nitrogen functional groups attached to an aromatic ring is 1. The second-order valence-corrected chi connectivity index (χ2v) is 4.51. The van der Waals surface area contributed by atoms with Crippen LogP contribution >= 0.6 is 0 Å². The molecule has 1 saturated heterocycles. The summed E-state index contributed by atoms with van der Waals surface area (Å²) in [6.07, 6.45) is 3.88. The van der Waals surface area contributed by atoms with Crippen molar-refractivity contribution in [3.63, 3.8) is 0 Å². The van der Waals surface area contributed by atoms with Crippen LogP contribution in [-0.2, 0) is 0 Å². The van der Waals surface area contributed by atoms with Crippen molar-refractivity contribution in [2.45, 2.75) is 25.3 Å². The molecular formula is C13H20N2O. The van der Waals surface area contributed by atoms with Crippen LogP contribution in [0.3, 0.4) is 0 Å². The largest absolute Gasteiger partial charge is 0.492 e. The molecule has 1 aromatic rings. The topological polar surface area (TPSA) is 38.5 Å². The van der Waals surface area contributed by atoms with Crippen molar-refractivity contribution in [1.29, 1.82) is 0 Å². The van der Waals surface area contributed by atoms with Gasteiger partial charge in [-0.2, -0.15) is 0 Å². The number of likely N-dealkylation sites (N-methyl/N-ethyl adjacent to an activating group) is 1. The zero-order chi connectivity index (χ0) is 11.4. The highest BCUT2D eigenvalue weighted by atomic mass is 16.5. The lowest BCUT2D eigenvalue weighted by molar-refractivity contribution is 0.125. The summed E-state index contributed by atoms with van der Waals surface area (Å²) in [5.74, 6) is 0.910. The van der Waals surface area contributed by atoms with Gasteiger partial charge in [0.05, 0.1) is 0 Å². The molecule has 0 amide bonds. The van der Waals surface area contributed by atoms with E-state index < -0.39 is 0 Å². The Morgan fingerprint density at radius 1 is 1.31 bits per heavy atom. The average molecular weight is 220 g/mol. The first-order valence-corrected chi connectivity index (χ1v) is 5.94. The molecule has 1 atom stereocenters. The minimum atomic E-state index is 0.561. The van der Waals surface area contributed by atoms with Gasteiger partial charge >= 0.3 is 0 Å². The number of hydrogen-bond donors (Lipinski definition) is 1. The van der Waals surface area contributed by atoms with Crippen LogP contribution in [0.4, 0.5) is 5.69 Å². The van der Waals surface area contributed by atoms with Gasteiger partial charge in [0.1, 0.15) is 12.4 Å². The number of hydrogen-bond acceptors (Lipinski definition) is 3. The van der Waals surface area contributed by atoms with E-state index in [2.05, 4.69) is 11.9 Å². The third-order valence-electron chi connectivity index (χ3n) is 3.24. The molecule has 1 heterocycles. The van der Waals surface area contributed by atoms with Gasteiger partial charge in [0.2, 0.25) is 0 Å². The summed E-state index contributed by atoms with van der Waals surface area (Å²) in [6, 6.07) is 8.17. The number of rotatable bonds is 3. The molecule has 0 radical (unpaired) electrons. The Hall–Kier alpha value is -1.22. The Morgan fingerprint density at radius 3 is 2.75 bits per heavy atom. The first kappa shape index (κ1) is 11.3. The van der Waals surface area contributed by atoms with Crippen LogP contribution < -0.4 is 10.5 Å². The minimum absolute atomic E-state index is 0.561. The Balaban J connectivity index is 1.84. The molecule has 0 aliphatic carbocycles. The zero-order valence-corrected chi connectivity index (χ0v) is 9.86. The monoisotopic (exact) mass is 220 g/mol. The van der Waals surface area contributed by atoms with Crippen molar-refractivity contribution < 1.29 is 4.74 Å². The van der Waals surface area contributed by atoms with Crippen LogP contribution in [-0.4, -0.2) is 31.1 Å². The van der Waals surface area contributed by atoms with Crippen LogP contribution in [0.25, 0.3) is 0 Å². The fraction of sp³-hybridized carbons (Fsp3) is 0.538. The van der Waals surface area contributed by atoms with Gasteiger partial charge in [-0.05, 0) is 50.7 Å². The van der Waals surface area contributed by atoms with Crippen molar-refractivity contribution in [2.24, 2.45) is 0 Å². The van der Waals surface area contributed by atoms with Crippen LogP contribution in [0.2, 0.25) is 0 Å². The third-order valence-corrected chi connectivity index (χ3v) is 3.24. The Morgan fingerprint density at radius 2 is 2.06 bits per heavy atom. The summed E-state index contributed by atoms with van der Waals surface area (Å²) in [4.78, 5) is 2.39. The van der Waals surface area contributed by atoms with Crippen LogP contribution in [0.1, 0.15) is 19.3 Å². The maximum Gasteiger partial charge on any atom is 0.119 e. The maximum atomic E-state index is 5.77. The summed E-state index contributed by atoms with van der Waals surface area (Å²) in [6.45, 7) is 1.97. The molecule has 16 heavy (non-hydrogen) atoms. The predicted octanol–water partition coefficient (Wildman–Crippen LogP) is 2.13. The van der Waals surface area contributed by atoms with Gasteiger partial charge in [-0.1, -0.05) is 6.42 Å². The molecule has 88 valence electrons. The van der Waals surface area contributed by atoms with E-state index in [9.17, 15) is 0 Å². The van der Waals surface area contributed by atoms with E-state index in [1.54, 1.807) is 0 Å². The molecule has 0 aromatic heterocycles. The third kappa shape index (κ3) is 2.89. The Bertz CT molecular complexity index is 323. The van der Waals surface area contributed by atoms with Crippen LogP contribution in [0.15, 0.2) is 24.3 Å². The predicted molar refractivity (Wildman–Crippen MR) is 66.6 cm³/mol. The van der Waals surface area contributed by atoms with Crippen molar-refractivity contribution in [2.75, 3.05) is 25.9 Å². The van der Waals surface area contributed by atoms with Crippen LogP contribution in [0.5, 0.6) is 5.75 Å².